The van der Waals surface area contributed by atoms with Crippen molar-refractivity contribution < 1.29 is 0 Å². The van der Waals surface area contributed by atoms with Gasteiger partial charge in [-0.2, -0.15) is 5.26 Å². The summed E-state index contributed by atoms with van der Waals surface area (Å²) >= 11 is 1.69. The molecule has 1 aromatic rings. The Morgan fingerprint density at radius 1 is 1.41 bits per heavy atom. The molecule has 0 atom stereocenters. The molecule has 17 heavy (non-hydrogen) atoms. The van der Waals surface area contributed by atoms with Crippen LogP contribution < -0.4 is 5.73 Å². The van der Waals surface area contributed by atoms with Crippen molar-refractivity contribution in [2.75, 3.05) is 5.75 Å². The van der Waals surface area contributed by atoms with Gasteiger partial charge in [0.1, 0.15) is 5.82 Å². The zero-order valence-electron chi connectivity index (χ0n) is 10.4. The maximum absolute atomic E-state index is 8.44. The van der Waals surface area contributed by atoms with Crippen LogP contribution in [0, 0.1) is 11.3 Å². The lowest BCUT2D eigenvalue weighted by molar-refractivity contribution is 0.526. The molecule has 0 fully saturated rings. The summed E-state index contributed by atoms with van der Waals surface area (Å²) in [6, 6.07) is 2.47. The van der Waals surface area contributed by atoms with Crippen LogP contribution in [-0.2, 0) is 6.54 Å². The van der Waals surface area contributed by atoms with Crippen molar-refractivity contribution in [3.63, 3.8) is 0 Å². The summed E-state index contributed by atoms with van der Waals surface area (Å²) in [5.74, 6) is 1.80. The van der Waals surface area contributed by atoms with Crippen LogP contribution in [0.2, 0.25) is 0 Å². The number of aromatic nitrogens is 3. The summed E-state index contributed by atoms with van der Waals surface area (Å²) in [5.41, 5.74) is 5.63. The third-order valence-corrected chi connectivity index (χ3v) is 3.38. The first kappa shape index (κ1) is 14.0. The van der Waals surface area contributed by atoms with Gasteiger partial charge in [0, 0.05) is 18.2 Å². The molecule has 0 amide bonds. The average Bonchev–Trinajstić information content (AvgIpc) is 2.72. The second-order valence-electron chi connectivity index (χ2n) is 4.03. The molecule has 0 saturated heterocycles. The van der Waals surface area contributed by atoms with Crippen molar-refractivity contribution >= 4 is 11.8 Å². The van der Waals surface area contributed by atoms with Gasteiger partial charge in [-0.1, -0.05) is 11.8 Å². The van der Waals surface area contributed by atoms with E-state index in [0.717, 1.165) is 29.6 Å². The van der Waals surface area contributed by atoms with Gasteiger partial charge in [-0.3, -0.25) is 0 Å². The maximum atomic E-state index is 8.44. The van der Waals surface area contributed by atoms with Crippen LogP contribution in [-0.4, -0.2) is 20.5 Å². The first-order valence-corrected chi connectivity index (χ1v) is 6.82. The standard InChI is InChI=1S/C11H19N5S/c1-9(2)16-10(8-13)14-15-11(16)17-7-5-3-4-6-12/h9H,3-5,7-8,13H2,1-2H3. The van der Waals surface area contributed by atoms with Crippen LogP contribution in [0.15, 0.2) is 5.16 Å². The second kappa shape index (κ2) is 7.30. The monoisotopic (exact) mass is 253 g/mol. The number of nitrogens with two attached hydrogens (primary N) is 1. The number of nitrogens with zero attached hydrogens (tertiary/aromatic N) is 4. The van der Waals surface area contributed by atoms with Gasteiger partial charge in [0.2, 0.25) is 0 Å². The zero-order valence-corrected chi connectivity index (χ0v) is 11.2. The summed E-state index contributed by atoms with van der Waals surface area (Å²) in [5, 5.41) is 17.6. The molecule has 6 heteroatoms. The highest BCUT2D eigenvalue weighted by molar-refractivity contribution is 7.99. The molecular weight excluding hydrogens is 234 g/mol. The topological polar surface area (TPSA) is 80.5 Å². The molecule has 0 aliphatic carbocycles. The molecule has 5 nitrogen and oxygen atoms in total. The van der Waals surface area contributed by atoms with Crippen molar-refractivity contribution in [1.82, 2.24) is 14.8 Å². The molecule has 2 N–H and O–H groups in total. The Hall–Kier alpha value is -1.06. The van der Waals surface area contributed by atoms with Crippen molar-refractivity contribution in [3.8, 4) is 6.07 Å². The second-order valence-corrected chi connectivity index (χ2v) is 5.09. The largest absolute Gasteiger partial charge is 0.324 e. The highest BCUT2D eigenvalue weighted by Gasteiger charge is 2.13. The molecule has 1 aromatic heterocycles. The Bertz CT molecular complexity index is 380. The van der Waals surface area contributed by atoms with Gasteiger partial charge in [-0.25, -0.2) is 0 Å². The fourth-order valence-corrected chi connectivity index (χ4v) is 2.62. The number of unbranched alkanes of at least 4 members (excludes halogenated alkanes) is 2. The van der Waals surface area contributed by atoms with Crippen LogP contribution in [0.5, 0.6) is 0 Å². The van der Waals surface area contributed by atoms with Gasteiger partial charge < -0.3 is 10.3 Å². The number of hydrogen-bond acceptors (Lipinski definition) is 5. The van der Waals surface area contributed by atoms with E-state index in [1.54, 1.807) is 11.8 Å². The SMILES string of the molecule is CC(C)n1c(CN)nnc1SCCCCC#N. The Morgan fingerprint density at radius 3 is 2.76 bits per heavy atom. The van der Waals surface area contributed by atoms with E-state index in [4.69, 9.17) is 11.0 Å². The first-order valence-electron chi connectivity index (χ1n) is 5.84. The van der Waals surface area contributed by atoms with E-state index in [-0.39, 0.29) is 0 Å². The Labute approximate surface area is 106 Å². The van der Waals surface area contributed by atoms with Crippen LogP contribution >= 0.6 is 11.8 Å². The smallest absolute Gasteiger partial charge is 0.191 e. The van der Waals surface area contributed by atoms with E-state index in [1.807, 2.05) is 0 Å². The molecule has 0 saturated carbocycles. The lowest BCUT2D eigenvalue weighted by Crippen LogP contribution is -2.11. The predicted octanol–water partition coefficient (Wildman–Crippen LogP) is 2.10. The third-order valence-electron chi connectivity index (χ3n) is 2.35. The van der Waals surface area contributed by atoms with Crippen LogP contribution in [0.4, 0.5) is 0 Å². The third kappa shape index (κ3) is 4.02. The highest BCUT2D eigenvalue weighted by Crippen LogP contribution is 2.22. The Kier molecular flexibility index (Phi) is 6.01. The van der Waals surface area contributed by atoms with Gasteiger partial charge in [0.05, 0.1) is 12.6 Å². The van der Waals surface area contributed by atoms with Crippen molar-refractivity contribution in [2.24, 2.45) is 5.73 Å². The van der Waals surface area contributed by atoms with E-state index in [9.17, 15) is 0 Å². The summed E-state index contributed by atoms with van der Waals surface area (Å²) < 4.78 is 2.08. The van der Waals surface area contributed by atoms with E-state index < -0.39 is 0 Å². The molecular formula is C11H19N5S. The minimum absolute atomic E-state index is 0.324. The van der Waals surface area contributed by atoms with Crippen molar-refractivity contribution in [1.29, 1.82) is 5.26 Å². The normalized spacial score (nSPS) is 10.8. The summed E-state index contributed by atoms with van der Waals surface area (Å²) in [6.07, 6.45) is 2.61. The van der Waals surface area contributed by atoms with E-state index in [0.29, 0.717) is 19.0 Å². The molecule has 0 unspecified atom stereocenters. The predicted molar refractivity (Wildman–Crippen MR) is 68.5 cm³/mol. The highest BCUT2D eigenvalue weighted by atomic mass is 32.2. The minimum Gasteiger partial charge on any atom is -0.324 e. The number of hydrogen-bond donors (Lipinski definition) is 1. The Morgan fingerprint density at radius 2 is 2.18 bits per heavy atom. The van der Waals surface area contributed by atoms with Crippen molar-refractivity contribution in [3.05, 3.63) is 5.82 Å². The molecule has 0 aromatic carbocycles. The maximum Gasteiger partial charge on any atom is 0.191 e. The molecule has 0 spiro atoms. The minimum atomic E-state index is 0.324. The lowest BCUT2D eigenvalue weighted by Gasteiger charge is -2.12. The molecule has 1 rings (SSSR count). The summed E-state index contributed by atoms with van der Waals surface area (Å²) in [6.45, 7) is 4.62. The zero-order chi connectivity index (χ0) is 12.7. The molecule has 0 aliphatic heterocycles. The van der Waals surface area contributed by atoms with Crippen LogP contribution in [0.25, 0.3) is 0 Å². The van der Waals surface area contributed by atoms with Crippen molar-refractivity contribution in [2.45, 2.75) is 50.9 Å². The fourth-order valence-electron chi connectivity index (χ4n) is 1.53. The molecule has 0 bridgehead atoms. The van der Waals surface area contributed by atoms with E-state index >= 15 is 0 Å². The first-order chi connectivity index (χ1) is 8.20. The van der Waals surface area contributed by atoms with Crippen LogP contribution in [0.1, 0.15) is 45.0 Å². The number of rotatable bonds is 7. The molecule has 0 radical (unpaired) electrons. The quantitative estimate of drug-likeness (QED) is 0.594. The molecule has 0 aliphatic rings. The van der Waals surface area contributed by atoms with E-state index in [1.165, 1.54) is 0 Å². The van der Waals surface area contributed by atoms with Gasteiger partial charge in [0.15, 0.2) is 5.16 Å². The van der Waals surface area contributed by atoms with Gasteiger partial charge in [-0.05, 0) is 26.7 Å². The molecule has 94 valence electrons. The van der Waals surface area contributed by atoms with Gasteiger partial charge in [-0.15, -0.1) is 10.2 Å². The number of thioether (sulfide) groups is 1. The van der Waals surface area contributed by atoms with Gasteiger partial charge >= 0.3 is 0 Å². The fraction of sp³-hybridized carbons (Fsp3) is 0.727. The summed E-state index contributed by atoms with van der Waals surface area (Å²) in [4.78, 5) is 0. The molecule has 1 heterocycles. The van der Waals surface area contributed by atoms with Gasteiger partial charge in [0.25, 0.3) is 0 Å². The average molecular weight is 253 g/mol. The van der Waals surface area contributed by atoms with E-state index in [2.05, 4.69) is 34.7 Å². The number of nitriles is 1. The van der Waals surface area contributed by atoms with Crippen LogP contribution in [0.3, 0.4) is 0 Å². The summed E-state index contributed by atoms with van der Waals surface area (Å²) in [7, 11) is 0. The Balaban J connectivity index is 2.53. The lowest BCUT2D eigenvalue weighted by atomic mass is 10.3.